The fourth-order valence-electron chi connectivity index (χ4n) is 4.68. The van der Waals surface area contributed by atoms with E-state index in [1.807, 2.05) is 0 Å². The molecule has 1 aromatic heterocycles. The lowest BCUT2D eigenvalue weighted by molar-refractivity contribution is -0.123. The third kappa shape index (κ3) is 2.25. The summed E-state index contributed by atoms with van der Waals surface area (Å²) >= 11 is 0. The lowest BCUT2D eigenvalue weighted by Gasteiger charge is -2.25. The third-order valence-electron chi connectivity index (χ3n) is 5.68. The van der Waals surface area contributed by atoms with Gasteiger partial charge in [-0.25, -0.2) is 4.98 Å². The highest BCUT2D eigenvalue weighted by atomic mass is 16.1. The van der Waals surface area contributed by atoms with E-state index >= 15 is 0 Å². The Labute approximate surface area is 119 Å². The molecule has 1 unspecified atom stereocenters. The quantitative estimate of drug-likeness (QED) is 0.887. The van der Waals surface area contributed by atoms with Gasteiger partial charge in [-0.05, 0) is 49.9 Å². The van der Waals surface area contributed by atoms with Crippen molar-refractivity contribution in [3.05, 3.63) is 17.7 Å². The predicted molar refractivity (Wildman–Crippen MR) is 76.1 cm³/mol. The number of rotatable bonds is 3. The van der Waals surface area contributed by atoms with Crippen LogP contribution in [0, 0.1) is 17.8 Å². The van der Waals surface area contributed by atoms with Gasteiger partial charge in [0.2, 0.25) is 5.91 Å². The second-order valence-corrected chi connectivity index (χ2v) is 6.97. The zero-order valence-electron chi connectivity index (χ0n) is 11.9. The van der Waals surface area contributed by atoms with Crippen molar-refractivity contribution in [2.45, 2.75) is 57.4 Å². The smallest absolute Gasteiger partial charge is 0.220 e. The van der Waals surface area contributed by atoms with Crippen LogP contribution in [0.2, 0.25) is 0 Å². The molecule has 4 rings (SSSR count). The molecule has 0 spiro atoms. The van der Waals surface area contributed by atoms with Crippen LogP contribution in [-0.2, 0) is 17.6 Å². The first-order chi connectivity index (χ1) is 9.78. The summed E-state index contributed by atoms with van der Waals surface area (Å²) in [6.45, 7) is 0. The monoisotopic (exact) mass is 273 g/mol. The summed E-state index contributed by atoms with van der Waals surface area (Å²) in [5.41, 5.74) is 2.39. The number of H-pyrrole nitrogens is 1. The molecule has 0 aromatic carbocycles. The van der Waals surface area contributed by atoms with E-state index < -0.39 is 0 Å². The normalized spacial score (nSPS) is 35.0. The van der Waals surface area contributed by atoms with Crippen LogP contribution < -0.4 is 5.32 Å². The Balaban J connectivity index is 1.30. The topological polar surface area (TPSA) is 57.8 Å². The number of hydrogen-bond donors (Lipinski definition) is 2. The van der Waals surface area contributed by atoms with E-state index in [1.54, 1.807) is 6.33 Å². The van der Waals surface area contributed by atoms with E-state index in [0.717, 1.165) is 37.5 Å². The fourth-order valence-corrected chi connectivity index (χ4v) is 4.68. The summed E-state index contributed by atoms with van der Waals surface area (Å²) in [6.07, 6.45) is 10.9. The van der Waals surface area contributed by atoms with E-state index in [2.05, 4.69) is 15.3 Å². The molecular weight excluding hydrogens is 250 g/mol. The fraction of sp³-hybridized carbons (Fsp3) is 0.750. The van der Waals surface area contributed by atoms with Gasteiger partial charge in [-0.3, -0.25) is 4.79 Å². The number of hydrogen-bond acceptors (Lipinski definition) is 2. The highest BCUT2D eigenvalue weighted by Gasteiger charge is 2.40. The first-order valence-corrected chi connectivity index (χ1v) is 8.08. The SMILES string of the molecule is O=C(C[C@H]1C[C@@H]2CC[C@H]1C2)NC1CCc2nc[nH]c2C1. The number of aryl methyl sites for hydroxylation is 1. The van der Waals surface area contributed by atoms with Crippen LogP contribution >= 0.6 is 0 Å². The molecule has 3 aliphatic rings. The average Bonchev–Trinajstić information content (AvgIpc) is 3.13. The highest BCUT2D eigenvalue weighted by molar-refractivity contribution is 5.76. The maximum Gasteiger partial charge on any atom is 0.220 e. The molecule has 0 saturated heterocycles. The van der Waals surface area contributed by atoms with E-state index in [9.17, 15) is 4.79 Å². The Morgan fingerprint density at radius 1 is 1.35 bits per heavy atom. The molecule has 2 fully saturated rings. The Morgan fingerprint density at radius 3 is 3.10 bits per heavy atom. The van der Waals surface area contributed by atoms with Gasteiger partial charge in [0.25, 0.3) is 0 Å². The molecule has 108 valence electrons. The zero-order valence-corrected chi connectivity index (χ0v) is 11.9. The molecule has 1 amide bonds. The van der Waals surface area contributed by atoms with Crippen molar-refractivity contribution < 1.29 is 4.79 Å². The molecule has 0 aliphatic heterocycles. The van der Waals surface area contributed by atoms with E-state index in [1.165, 1.54) is 37.1 Å². The summed E-state index contributed by atoms with van der Waals surface area (Å²) in [4.78, 5) is 19.8. The summed E-state index contributed by atoms with van der Waals surface area (Å²) in [7, 11) is 0. The summed E-state index contributed by atoms with van der Waals surface area (Å²) < 4.78 is 0. The van der Waals surface area contributed by atoms with E-state index in [-0.39, 0.29) is 5.91 Å². The molecule has 2 saturated carbocycles. The molecule has 4 atom stereocenters. The van der Waals surface area contributed by atoms with Gasteiger partial charge in [0.05, 0.1) is 12.0 Å². The van der Waals surface area contributed by atoms with Gasteiger partial charge in [-0.2, -0.15) is 0 Å². The number of aromatic amines is 1. The average molecular weight is 273 g/mol. The predicted octanol–water partition coefficient (Wildman–Crippen LogP) is 2.21. The lowest BCUT2D eigenvalue weighted by Crippen LogP contribution is -2.40. The first-order valence-electron chi connectivity index (χ1n) is 8.08. The minimum absolute atomic E-state index is 0.274. The van der Waals surface area contributed by atoms with Gasteiger partial charge in [0.15, 0.2) is 0 Å². The van der Waals surface area contributed by atoms with Gasteiger partial charge < -0.3 is 10.3 Å². The van der Waals surface area contributed by atoms with Crippen LogP contribution in [0.1, 0.15) is 49.9 Å². The molecule has 4 heteroatoms. The van der Waals surface area contributed by atoms with Crippen LogP contribution in [0.4, 0.5) is 0 Å². The van der Waals surface area contributed by atoms with E-state index in [0.29, 0.717) is 12.0 Å². The van der Waals surface area contributed by atoms with Crippen LogP contribution in [0.15, 0.2) is 6.33 Å². The van der Waals surface area contributed by atoms with Gasteiger partial charge in [0.1, 0.15) is 0 Å². The number of carbonyl (C=O) groups excluding carboxylic acids is 1. The van der Waals surface area contributed by atoms with Gasteiger partial charge in [-0.1, -0.05) is 6.42 Å². The second-order valence-electron chi connectivity index (χ2n) is 6.97. The van der Waals surface area contributed by atoms with Crippen LogP contribution in [-0.4, -0.2) is 21.9 Å². The van der Waals surface area contributed by atoms with Crippen molar-refractivity contribution in [2.75, 3.05) is 0 Å². The number of carbonyl (C=O) groups is 1. The third-order valence-corrected chi connectivity index (χ3v) is 5.68. The van der Waals surface area contributed by atoms with Crippen LogP contribution in [0.5, 0.6) is 0 Å². The molecule has 1 aromatic rings. The highest BCUT2D eigenvalue weighted by Crippen LogP contribution is 2.49. The van der Waals surface area contributed by atoms with Crippen molar-refractivity contribution in [2.24, 2.45) is 17.8 Å². The van der Waals surface area contributed by atoms with Gasteiger partial charge in [0, 0.05) is 24.6 Å². The number of imidazole rings is 1. The van der Waals surface area contributed by atoms with Crippen LogP contribution in [0.25, 0.3) is 0 Å². The Hall–Kier alpha value is -1.32. The molecular formula is C16H23N3O. The molecule has 1 heterocycles. The second kappa shape index (κ2) is 4.90. The zero-order chi connectivity index (χ0) is 13.5. The molecule has 3 aliphatic carbocycles. The number of nitrogens with one attached hydrogen (secondary N) is 2. The standard InChI is InChI=1S/C16H23N3O/c20-16(7-12-6-10-1-2-11(12)5-10)19-13-3-4-14-15(8-13)18-9-17-14/h9-13H,1-8H2,(H,17,18)(H,19,20)/t10-,11+,12-,13?/m1/s1. The number of amides is 1. The molecule has 2 bridgehead atoms. The maximum atomic E-state index is 12.3. The largest absolute Gasteiger partial charge is 0.353 e. The van der Waals surface area contributed by atoms with Crippen LogP contribution in [0.3, 0.4) is 0 Å². The Bertz CT molecular complexity index is 510. The van der Waals surface area contributed by atoms with E-state index in [4.69, 9.17) is 0 Å². The van der Waals surface area contributed by atoms with Crippen molar-refractivity contribution in [3.8, 4) is 0 Å². The van der Waals surface area contributed by atoms with Crippen molar-refractivity contribution in [1.29, 1.82) is 0 Å². The van der Waals surface area contributed by atoms with Crippen molar-refractivity contribution >= 4 is 5.91 Å². The lowest BCUT2D eigenvalue weighted by atomic mass is 9.86. The number of aromatic nitrogens is 2. The summed E-state index contributed by atoms with van der Waals surface area (Å²) in [6, 6.07) is 0.300. The molecule has 20 heavy (non-hydrogen) atoms. The van der Waals surface area contributed by atoms with Crippen molar-refractivity contribution in [3.63, 3.8) is 0 Å². The minimum atomic E-state index is 0.274. The summed E-state index contributed by atoms with van der Waals surface area (Å²) in [5, 5.41) is 3.25. The molecule has 4 nitrogen and oxygen atoms in total. The van der Waals surface area contributed by atoms with Crippen molar-refractivity contribution in [1.82, 2.24) is 15.3 Å². The minimum Gasteiger partial charge on any atom is -0.353 e. The molecule has 0 radical (unpaired) electrons. The molecule has 2 N–H and O–H groups in total. The first kappa shape index (κ1) is 12.4. The summed E-state index contributed by atoms with van der Waals surface area (Å²) in [5.74, 6) is 2.71. The Morgan fingerprint density at radius 2 is 2.30 bits per heavy atom. The van der Waals surface area contributed by atoms with Gasteiger partial charge in [-0.15, -0.1) is 0 Å². The maximum absolute atomic E-state index is 12.3. The number of nitrogens with zero attached hydrogens (tertiary/aromatic N) is 1. The number of fused-ring (bicyclic) bond motifs is 3. The van der Waals surface area contributed by atoms with Gasteiger partial charge >= 0.3 is 0 Å². The Kier molecular flexibility index (Phi) is 3.04.